The second-order valence-corrected chi connectivity index (χ2v) is 8.74. The van der Waals surface area contributed by atoms with Gasteiger partial charge in [0.15, 0.2) is 11.6 Å². The zero-order valence-corrected chi connectivity index (χ0v) is 22.4. The molecule has 13 heteroatoms. The van der Waals surface area contributed by atoms with Crippen LogP contribution in [0.25, 0.3) is 0 Å². The van der Waals surface area contributed by atoms with Crippen LogP contribution in [-0.2, 0) is 19.2 Å². The van der Waals surface area contributed by atoms with Crippen LogP contribution in [0.15, 0.2) is 52.7 Å². The van der Waals surface area contributed by atoms with Crippen molar-refractivity contribution in [2.45, 2.75) is 51.7 Å². The van der Waals surface area contributed by atoms with E-state index in [2.05, 4.69) is 30.9 Å². The standard InChI is InChI=1S/C26H35N7O6/c1-5-21(33-12-11-28-24(26(33)38)30-14-19(27)17(3)32-39-4)25(37)31-20(13-23(35)36)22(34)15-29-16(2)18-9-7-6-8-10-18/h6-12,16,20-21,27,29H,5,13-15H2,1-4H3,(H,28,30)(H,31,37)(H,35,36)/b27-19?,32-17-. The highest BCUT2D eigenvalue weighted by Crippen LogP contribution is 2.13. The first-order valence-electron chi connectivity index (χ1n) is 12.4. The van der Waals surface area contributed by atoms with Gasteiger partial charge in [-0.05, 0) is 25.8 Å². The van der Waals surface area contributed by atoms with Crippen molar-refractivity contribution in [1.82, 2.24) is 20.2 Å². The van der Waals surface area contributed by atoms with Crippen LogP contribution in [0.3, 0.4) is 0 Å². The molecule has 0 fully saturated rings. The zero-order chi connectivity index (χ0) is 28.9. The topological polar surface area (TPSA) is 188 Å². The number of carboxylic acids is 1. The maximum atomic E-state index is 13.2. The van der Waals surface area contributed by atoms with Crippen LogP contribution in [0.4, 0.5) is 5.82 Å². The van der Waals surface area contributed by atoms with Gasteiger partial charge in [-0.2, -0.15) is 0 Å². The summed E-state index contributed by atoms with van der Waals surface area (Å²) in [5, 5.41) is 29.3. The van der Waals surface area contributed by atoms with E-state index in [-0.39, 0.29) is 37.1 Å². The monoisotopic (exact) mass is 541 g/mol. The summed E-state index contributed by atoms with van der Waals surface area (Å²) in [5.74, 6) is -2.52. The Morgan fingerprint density at radius 2 is 1.90 bits per heavy atom. The second-order valence-electron chi connectivity index (χ2n) is 8.74. The number of rotatable bonds is 16. The van der Waals surface area contributed by atoms with Crippen molar-refractivity contribution in [3.63, 3.8) is 0 Å². The predicted molar refractivity (Wildman–Crippen MR) is 146 cm³/mol. The average molecular weight is 542 g/mol. The molecule has 1 heterocycles. The van der Waals surface area contributed by atoms with Crippen molar-refractivity contribution < 1.29 is 24.3 Å². The molecule has 2 rings (SSSR count). The highest BCUT2D eigenvalue weighted by molar-refractivity contribution is 6.41. The van der Waals surface area contributed by atoms with Gasteiger partial charge in [0, 0.05) is 18.4 Å². The van der Waals surface area contributed by atoms with Gasteiger partial charge in [-0.1, -0.05) is 42.4 Å². The van der Waals surface area contributed by atoms with Crippen LogP contribution >= 0.6 is 0 Å². The number of hydrogen-bond donors (Lipinski definition) is 5. The van der Waals surface area contributed by atoms with Gasteiger partial charge in [0.25, 0.3) is 5.56 Å². The molecule has 1 aromatic carbocycles. The molecule has 1 aromatic heterocycles. The van der Waals surface area contributed by atoms with Crippen LogP contribution in [-0.4, -0.2) is 70.0 Å². The number of anilines is 1. The van der Waals surface area contributed by atoms with E-state index in [0.29, 0.717) is 5.71 Å². The van der Waals surface area contributed by atoms with Crippen molar-refractivity contribution in [3.05, 3.63) is 58.6 Å². The summed E-state index contributed by atoms with van der Waals surface area (Å²) in [6.07, 6.45) is 2.24. The lowest BCUT2D eigenvalue weighted by atomic mass is 10.1. The zero-order valence-electron chi connectivity index (χ0n) is 22.4. The summed E-state index contributed by atoms with van der Waals surface area (Å²) in [5.41, 5.74) is 0.721. The van der Waals surface area contributed by atoms with E-state index in [4.69, 9.17) is 5.41 Å². The molecule has 0 radical (unpaired) electrons. The van der Waals surface area contributed by atoms with Gasteiger partial charge >= 0.3 is 5.97 Å². The van der Waals surface area contributed by atoms with Gasteiger partial charge in [-0.3, -0.25) is 23.7 Å². The van der Waals surface area contributed by atoms with E-state index in [1.807, 2.05) is 37.3 Å². The molecule has 2 aromatic rings. The number of amides is 1. The van der Waals surface area contributed by atoms with Gasteiger partial charge in [-0.25, -0.2) is 4.98 Å². The molecule has 0 saturated heterocycles. The van der Waals surface area contributed by atoms with Crippen molar-refractivity contribution in [2.24, 2.45) is 5.16 Å². The molecule has 0 bridgehead atoms. The number of benzene rings is 1. The normalized spacial score (nSPS) is 13.6. The third-order valence-electron chi connectivity index (χ3n) is 5.96. The van der Waals surface area contributed by atoms with Crippen molar-refractivity contribution in [1.29, 1.82) is 5.41 Å². The number of aromatic nitrogens is 2. The lowest BCUT2D eigenvalue weighted by Gasteiger charge is -2.23. The Kier molecular flexibility index (Phi) is 12.0. The van der Waals surface area contributed by atoms with E-state index in [1.165, 1.54) is 19.5 Å². The number of nitrogens with zero attached hydrogens (tertiary/aromatic N) is 3. The Hall–Kier alpha value is -4.39. The lowest BCUT2D eigenvalue weighted by Crippen LogP contribution is -2.49. The number of aliphatic carboxylic acids is 1. The molecular weight excluding hydrogens is 506 g/mol. The molecule has 13 nitrogen and oxygen atoms in total. The Balaban J connectivity index is 2.14. The highest BCUT2D eigenvalue weighted by Gasteiger charge is 2.28. The fraction of sp³-hybridized carbons (Fsp3) is 0.423. The van der Waals surface area contributed by atoms with Crippen LogP contribution < -0.4 is 21.5 Å². The maximum absolute atomic E-state index is 13.2. The summed E-state index contributed by atoms with van der Waals surface area (Å²) >= 11 is 0. The molecule has 5 N–H and O–H groups in total. The third-order valence-corrected chi connectivity index (χ3v) is 5.96. The summed E-state index contributed by atoms with van der Waals surface area (Å²) in [4.78, 5) is 59.2. The van der Waals surface area contributed by atoms with Crippen molar-refractivity contribution in [3.8, 4) is 0 Å². The van der Waals surface area contributed by atoms with E-state index in [0.717, 1.165) is 10.1 Å². The Morgan fingerprint density at radius 3 is 2.51 bits per heavy atom. The van der Waals surface area contributed by atoms with Gasteiger partial charge in [0.2, 0.25) is 5.91 Å². The number of hydrogen-bond acceptors (Lipinski definition) is 10. The van der Waals surface area contributed by atoms with Gasteiger partial charge in [0.1, 0.15) is 13.2 Å². The Bertz CT molecular complexity index is 1240. The summed E-state index contributed by atoms with van der Waals surface area (Å²) in [7, 11) is 1.36. The van der Waals surface area contributed by atoms with Crippen LogP contribution in [0.2, 0.25) is 0 Å². The number of carboxylic acid groups (broad SMARTS) is 1. The molecule has 3 atom stereocenters. The quantitative estimate of drug-likeness (QED) is 0.155. The molecule has 1 amide bonds. The Labute approximate surface area is 226 Å². The first-order valence-corrected chi connectivity index (χ1v) is 12.4. The molecule has 3 unspecified atom stereocenters. The lowest BCUT2D eigenvalue weighted by molar-refractivity contribution is -0.140. The number of nitrogens with one attached hydrogen (secondary N) is 4. The number of Topliss-reactive ketones (excluding diaryl/α,β-unsaturated/α-hetero) is 1. The minimum absolute atomic E-state index is 0.0580. The largest absolute Gasteiger partial charge is 0.481 e. The Morgan fingerprint density at radius 1 is 1.21 bits per heavy atom. The number of carbonyl (C=O) groups is 3. The molecule has 210 valence electrons. The van der Waals surface area contributed by atoms with Crippen LogP contribution in [0.1, 0.15) is 51.3 Å². The fourth-order valence-corrected chi connectivity index (χ4v) is 3.72. The van der Waals surface area contributed by atoms with Gasteiger partial charge in [-0.15, -0.1) is 0 Å². The van der Waals surface area contributed by atoms with E-state index in [1.54, 1.807) is 13.8 Å². The van der Waals surface area contributed by atoms with E-state index in [9.17, 15) is 24.3 Å². The minimum atomic E-state index is -1.29. The highest BCUT2D eigenvalue weighted by atomic mass is 16.6. The van der Waals surface area contributed by atoms with Gasteiger partial charge in [0.05, 0.1) is 37.0 Å². The summed E-state index contributed by atoms with van der Waals surface area (Å²) in [6.45, 7) is 4.91. The molecule has 0 aliphatic heterocycles. The molecule has 39 heavy (non-hydrogen) atoms. The maximum Gasteiger partial charge on any atom is 0.305 e. The minimum Gasteiger partial charge on any atom is -0.481 e. The average Bonchev–Trinajstić information content (AvgIpc) is 2.91. The van der Waals surface area contributed by atoms with Crippen molar-refractivity contribution in [2.75, 3.05) is 25.5 Å². The summed E-state index contributed by atoms with van der Waals surface area (Å²) in [6, 6.07) is 6.92. The molecule has 0 spiro atoms. The van der Waals surface area contributed by atoms with Gasteiger partial charge < -0.3 is 31.3 Å². The number of oxime groups is 1. The molecular formula is C26H35N7O6. The van der Waals surface area contributed by atoms with E-state index >= 15 is 0 Å². The molecule has 0 saturated carbocycles. The first-order chi connectivity index (χ1) is 18.6. The smallest absolute Gasteiger partial charge is 0.305 e. The third kappa shape index (κ3) is 9.14. The molecule has 0 aliphatic rings. The second kappa shape index (κ2) is 15.1. The van der Waals surface area contributed by atoms with Crippen LogP contribution in [0, 0.1) is 5.41 Å². The van der Waals surface area contributed by atoms with Crippen molar-refractivity contribution >= 4 is 34.9 Å². The van der Waals surface area contributed by atoms with Crippen LogP contribution in [0.5, 0.6) is 0 Å². The predicted octanol–water partition coefficient (Wildman–Crippen LogP) is 1.53. The number of carbonyl (C=O) groups excluding carboxylic acids is 2. The SMILES string of the molecule is CCC(C(=O)NC(CC(=O)O)C(=O)CNC(C)c1ccccc1)n1ccnc(NCC(=N)/C(C)=N\OC)c1=O. The van der Waals surface area contributed by atoms with E-state index < -0.39 is 41.7 Å². The fourth-order valence-electron chi connectivity index (χ4n) is 3.72. The molecule has 0 aliphatic carbocycles. The number of ketones is 1. The first kappa shape index (κ1) is 30.8. The summed E-state index contributed by atoms with van der Waals surface area (Å²) < 4.78 is 1.16.